The number of amides is 1. The molecule has 0 fully saturated rings. The molecule has 0 bridgehead atoms. The smallest absolute Gasteiger partial charge is 0.255 e. The monoisotopic (exact) mass is 492 g/mol. The number of pyridine rings is 1. The number of aromatic nitrogens is 2. The minimum Gasteiger partial charge on any atom is -0.487 e. The van der Waals surface area contributed by atoms with Crippen molar-refractivity contribution in [3.63, 3.8) is 0 Å². The van der Waals surface area contributed by atoms with Crippen LogP contribution in [0.1, 0.15) is 35.5 Å². The quantitative estimate of drug-likeness (QED) is 0.371. The maximum atomic E-state index is 12.9. The van der Waals surface area contributed by atoms with Gasteiger partial charge in [-0.2, -0.15) is 4.31 Å². The summed E-state index contributed by atoms with van der Waals surface area (Å²) >= 11 is 0. The number of hydrogen-bond donors (Lipinski definition) is 1. The van der Waals surface area contributed by atoms with E-state index >= 15 is 0 Å². The molecule has 0 aliphatic rings. The Morgan fingerprint density at radius 1 is 1.06 bits per heavy atom. The van der Waals surface area contributed by atoms with Crippen LogP contribution >= 0.6 is 0 Å². The number of aryl methyl sites for hydroxylation is 1. The van der Waals surface area contributed by atoms with Crippen molar-refractivity contribution in [1.29, 1.82) is 0 Å². The van der Waals surface area contributed by atoms with Gasteiger partial charge in [0.25, 0.3) is 5.91 Å². The highest BCUT2D eigenvalue weighted by molar-refractivity contribution is 7.89. The zero-order chi connectivity index (χ0) is 25.0. The van der Waals surface area contributed by atoms with E-state index in [1.165, 1.54) is 16.4 Å². The van der Waals surface area contributed by atoms with Crippen LogP contribution in [0.3, 0.4) is 0 Å². The number of ether oxygens (including phenoxy) is 1. The minimum absolute atomic E-state index is 0.138. The van der Waals surface area contributed by atoms with Crippen LogP contribution in [-0.4, -0.2) is 41.1 Å². The predicted octanol–water partition coefficient (Wildman–Crippen LogP) is 4.50. The molecular formula is C26H28N4O4S. The summed E-state index contributed by atoms with van der Waals surface area (Å²) in [5, 5.41) is 2.78. The normalized spacial score (nSPS) is 11.7. The van der Waals surface area contributed by atoms with E-state index in [2.05, 4.69) is 10.3 Å². The van der Waals surface area contributed by atoms with Gasteiger partial charge in [0.2, 0.25) is 10.0 Å². The zero-order valence-corrected chi connectivity index (χ0v) is 20.7. The molecule has 4 rings (SSSR count). The summed E-state index contributed by atoms with van der Waals surface area (Å²) in [6.45, 7) is 6.59. The molecule has 4 aromatic rings. The minimum atomic E-state index is -3.62. The van der Waals surface area contributed by atoms with E-state index in [0.29, 0.717) is 30.1 Å². The van der Waals surface area contributed by atoms with Gasteiger partial charge in [-0.1, -0.05) is 32.0 Å². The lowest BCUT2D eigenvalue weighted by Gasteiger charge is -2.18. The average Bonchev–Trinajstić information content (AvgIpc) is 3.28. The maximum Gasteiger partial charge on any atom is 0.255 e. The van der Waals surface area contributed by atoms with Gasteiger partial charge in [0, 0.05) is 36.7 Å². The molecule has 0 atom stereocenters. The first-order chi connectivity index (χ1) is 16.8. The van der Waals surface area contributed by atoms with Crippen molar-refractivity contribution in [1.82, 2.24) is 13.7 Å². The molecule has 0 spiro atoms. The Labute approximate surface area is 205 Å². The number of benzene rings is 2. The van der Waals surface area contributed by atoms with Gasteiger partial charge in [0.1, 0.15) is 18.0 Å². The lowest BCUT2D eigenvalue weighted by Crippen LogP contribution is -2.30. The van der Waals surface area contributed by atoms with Gasteiger partial charge in [-0.25, -0.2) is 13.4 Å². The lowest BCUT2D eigenvalue weighted by molar-refractivity contribution is 0.102. The van der Waals surface area contributed by atoms with Crippen molar-refractivity contribution in [2.45, 2.75) is 32.3 Å². The van der Waals surface area contributed by atoms with Crippen molar-refractivity contribution in [2.75, 3.05) is 18.4 Å². The van der Waals surface area contributed by atoms with E-state index in [1.54, 1.807) is 50.2 Å². The van der Waals surface area contributed by atoms with Crippen LogP contribution in [0.4, 0.5) is 5.69 Å². The largest absolute Gasteiger partial charge is 0.487 e. The second-order valence-electron chi connectivity index (χ2n) is 8.04. The van der Waals surface area contributed by atoms with Crippen LogP contribution < -0.4 is 10.1 Å². The first-order valence-corrected chi connectivity index (χ1v) is 12.8. The number of hydrogen-bond acceptors (Lipinski definition) is 5. The van der Waals surface area contributed by atoms with Crippen LogP contribution in [0, 0.1) is 6.92 Å². The molecule has 0 unspecified atom stereocenters. The Bertz CT molecular complexity index is 1460. The maximum absolute atomic E-state index is 12.9. The van der Waals surface area contributed by atoms with E-state index < -0.39 is 10.0 Å². The molecule has 0 aliphatic heterocycles. The molecule has 0 radical (unpaired) electrons. The molecule has 0 aliphatic carbocycles. The average molecular weight is 493 g/mol. The first-order valence-electron chi connectivity index (χ1n) is 11.4. The highest BCUT2D eigenvalue weighted by Gasteiger charge is 2.22. The fourth-order valence-corrected chi connectivity index (χ4v) is 5.31. The molecule has 2 heterocycles. The third-order valence-electron chi connectivity index (χ3n) is 5.65. The Morgan fingerprint density at radius 2 is 1.83 bits per heavy atom. The van der Waals surface area contributed by atoms with E-state index in [4.69, 9.17) is 4.74 Å². The van der Waals surface area contributed by atoms with Crippen LogP contribution in [0.5, 0.6) is 5.75 Å². The number of carbonyl (C=O) groups is 1. The van der Waals surface area contributed by atoms with Gasteiger partial charge in [-0.3, -0.25) is 4.79 Å². The first kappa shape index (κ1) is 24.4. The van der Waals surface area contributed by atoms with Gasteiger partial charge in [0.15, 0.2) is 0 Å². The number of imidazole rings is 1. The summed E-state index contributed by atoms with van der Waals surface area (Å²) in [6.07, 6.45) is 3.85. The molecule has 8 nitrogen and oxygen atoms in total. The molecule has 35 heavy (non-hydrogen) atoms. The third-order valence-corrected chi connectivity index (χ3v) is 7.69. The lowest BCUT2D eigenvalue weighted by atomic mass is 10.2. The number of fused-ring (bicyclic) bond motifs is 1. The summed E-state index contributed by atoms with van der Waals surface area (Å²) in [6, 6.07) is 17.1. The Morgan fingerprint density at radius 3 is 2.57 bits per heavy atom. The van der Waals surface area contributed by atoms with E-state index in [0.717, 1.165) is 16.9 Å². The SMILES string of the molecule is CCN(CC)S(=O)(=O)c1cccc(NC(=O)c2cccc(OCc3cn4cccc(C)c4n3)c2)c1. The molecule has 9 heteroatoms. The van der Waals surface area contributed by atoms with Crippen molar-refractivity contribution in [3.8, 4) is 5.75 Å². The van der Waals surface area contributed by atoms with E-state index in [-0.39, 0.29) is 17.4 Å². The molecule has 1 N–H and O–H groups in total. The van der Waals surface area contributed by atoms with Crippen molar-refractivity contribution < 1.29 is 17.9 Å². The second-order valence-corrected chi connectivity index (χ2v) is 9.98. The Kier molecular flexibility index (Phi) is 7.18. The molecule has 2 aromatic heterocycles. The molecular weight excluding hydrogens is 464 g/mol. The van der Waals surface area contributed by atoms with Gasteiger partial charge in [-0.15, -0.1) is 0 Å². The van der Waals surface area contributed by atoms with E-state index in [1.807, 2.05) is 35.9 Å². The number of nitrogens with zero attached hydrogens (tertiary/aromatic N) is 3. The predicted molar refractivity (Wildman–Crippen MR) is 135 cm³/mol. The molecule has 0 saturated carbocycles. The van der Waals surface area contributed by atoms with Crippen molar-refractivity contribution >= 4 is 27.3 Å². The number of nitrogens with one attached hydrogen (secondary N) is 1. The number of anilines is 1. The summed E-state index contributed by atoms with van der Waals surface area (Å²) in [4.78, 5) is 17.6. The van der Waals surface area contributed by atoms with Crippen LogP contribution in [-0.2, 0) is 16.6 Å². The standard InChI is InChI=1S/C26H28N4O4S/c1-4-30(5-2)35(32,33)24-13-7-11-21(16-24)28-26(31)20-10-6-12-23(15-20)34-18-22-17-29-14-8-9-19(3)25(29)27-22/h6-17H,4-5,18H2,1-3H3,(H,28,31). The number of rotatable bonds is 9. The summed E-state index contributed by atoms with van der Waals surface area (Å²) in [5.74, 6) is 0.167. The van der Waals surface area contributed by atoms with Gasteiger partial charge in [0.05, 0.1) is 10.6 Å². The Hall–Kier alpha value is -3.69. The molecule has 182 valence electrons. The second kappa shape index (κ2) is 10.3. The zero-order valence-electron chi connectivity index (χ0n) is 19.9. The Balaban J connectivity index is 1.46. The highest BCUT2D eigenvalue weighted by Crippen LogP contribution is 2.21. The molecule has 1 amide bonds. The van der Waals surface area contributed by atoms with Crippen LogP contribution in [0.2, 0.25) is 0 Å². The van der Waals surface area contributed by atoms with Gasteiger partial charge >= 0.3 is 0 Å². The van der Waals surface area contributed by atoms with E-state index in [9.17, 15) is 13.2 Å². The van der Waals surface area contributed by atoms with Gasteiger partial charge in [-0.05, 0) is 55.0 Å². The van der Waals surface area contributed by atoms with Gasteiger partial charge < -0.3 is 14.5 Å². The summed E-state index contributed by atoms with van der Waals surface area (Å²) < 4.78 is 34.8. The fraction of sp³-hybridized carbons (Fsp3) is 0.231. The van der Waals surface area contributed by atoms with Crippen LogP contribution in [0.25, 0.3) is 5.65 Å². The van der Waals surface area contributed by atoms with Crippen molar-refractivity contribution in [3.05, 3.63) is 89.9 Å². The topological polar surface area (TPSA) is 93.0 Å². The number of carbonyl (C=O) groups excluding carboxylic acids is 1. The van der Waals surface area contributed by atoms with Crippen LogP contribution in [0.15, 0.2) is 78.0 Å². The third kappa shape index (κ3) is 5.36. The molecule has 0 saturated heterocycles. The molecule has 2 aromatic carbocycles. The fourth-order valence-electron chi connectivity index (χ4n) is 3.81. The van der Waals surface area contributed by atoms with Crippen molar-refractivity contribution in [2.24, 2.45) is 0 Å². The number of sulfonamides is 1. The highest BCUT2D eigenvalue weighted by atomic mass is 32.2. The summed E-state index contributed by atoms with van der Waals surface area (Å²) in [7, 11) is -3.62. The summed E-state index contributed by atoms with van der Waals surface area (Å²) in [5.41, 5.74) is 3.52.